The molecule has 3 aromatic heterocycles. The van der Waals surface area contributed by atoms with E-state index >= 15 is 0 Å². The van der Waals surface area contributed by atoms with Crippen LogP contribution in [0.4, 0.5) is 21.5 Å². The van der Waals surface area contributed by atoms with Crippen molar-refractivity contribution in [2.24, 2.45) is 15.0 Å². The molecule has 24 rings (SSSR count). The predicted octanol–water partition coefficient (Wildman–Crippen LogP) is 38.0. The van der Waals surface area contributed by atoms with Crippen LogP contribution in [0, 0.1) is 42.2 Å². The van der Waals surface area contributed by atoms with Crippen LogP contribution in [0.3, 0.4) is 0 Å². The molecule has 0 N–H and O–H groups in total. The smallest absolute Gasteiger partial charge is 0.265 e. The van der Waals surface area contributed by atoms with Gasteiger partial charge in [0.05, 0.1) is 17.1 Å². The Kier molecular flexibility index (Phi) is 30.3. The van der Waals surface area contributed by atoms with E-state index in [1.165, 1.54) is 82.9 Å². The first kappa shape index (κ1) is 102. The van der Waals surface area contributed by atoms with E-state index in [4.69, 9.17) is 29.9 Å². The van der Waals surface area contributed by atoms with Crippen molar-refractivity contribution < 1.29 is 67.6 Å². The number of aromatic nitrogens is 3. The average molecular weight is 2510 g/mol. The summed E-state index contributed by atoms with van der Waals surface area (Å²) in [7, 11) is 0. The fourth-order valence-electron chi connectivity index (χ4n) is 18.8. The zero-order chi connectivity index (χ0) is 99.2. The van der Waals surface area contributed by atoms with Gasteiger partial charge in [0.2, 0.25) is 0 Å². The molecule has 726 valence electrons. The number of benzene rings is 21. The Labute approximate surface area is 920 Å². The number of para-hydroxylation sites is 3. The largest absolute Gasteiger partial charge is 2.00 e. The third kappa shape index (κ3) is 21.9. The number of thiazole rings is 3. The Hall–Kier alpha value is -14.1. The van der Waals surface area contributed by atoms with Crippen LogP contribution in [0.25, 0.3) is 194 Å². The normalized spacial score (nSPS) is 11.9. The fraction of sp³-hybridized carbons (Fsp3) is 0.111. The van der Waals surface area contributed by atoms with Gasteiger partial charge in [0.25, 0.3) is 0 Å². The van der Waals surface area contributed by atoms with Crippen molar-refractivity contribution >= 4 is 165 Å². The number of fused-ring (bicyclic) bond motifs is 9. The minimum absolute atomic E-state index is 0. The second kappa shape index (κ2) is 43.7. The van der Waals surface area contributed by atoms with Gasteiger partial charge < -0.3 is 0 Å². The van der Waals surface area contributed by atoms with E-state index in [0.717, 1.165) is 179 Å². The van der Waals surface area contributed by atoms with Crippen molar-refractivity contribution in [1.29, 1.82) is 0 Å². The number of aliphatic imine (C=N–C) groups is 3. The Morgan fingerprint density at radius 1 is 0.270 bits per heavy atom. The van der Waals surface area contributed by atoms with Crippen LogP contribution >= 0.6 is 34.0 Å². The summed E-state index contributed by atoms with van der Waals surface area (Å²) in [5.41, 5.74) is 30.1. The molecule has 0 amide bonds. The standard InChI is InChI=1S/C47H38N2S.C44H31FN2S.C44H32N2S.3Pt/c1-30(2)31-17-19-32(20-18-31)34-21-22-36-26-37(24-23-35(36)25-34)42-27-39(47(3,4)5)28-44-45(42)49-46(50-44)41-15-8-9-16-43(41)48-29-38-13-10-12-33-11-6-7-14-40(33)38;1-44(2,3)35-25-39(33-18-17-31-23-30(15-16-32(31)24-33)28-19-21-36(45)22-20-28)42-41(26-35)48-43(47-42)38-13-6-7-14-40(38)46-27-34-11-8-10-29-9-4-5-12-37(29)34;1-44(2,3)36-26-39(34-23-22-32-24-31(20-21-33(32)25-34)29-12-5-4-6-13-29)42-41(27-36)47-43(46-42)38-18-9-10-19-40(38)45-28-35-16-11-15-30-14-7-8-17-37(30)35;;;/h6-13,15-23,25-30H,1-5H3;4-11,13-17,19-27H,1-3H3;4-16,18-22,24-28H,1-3H3;;;/q3*-2;3*+2. The third-order valence-electron chi connectivity index (χ3n) is 27.1. The minimum atomic E-state index is -0.234. The first-order valence-electron chi connectivity index (χ1n) is 49.2. The van der Waals surface area contributed by atoms with Crippen molar-refractivity contribution in [3.05, 3.63) is 469 Å². The van der Waals surface area contributed by atoms with Crippen molar-refractivity contribution in [2.45, 2.75) is 98.3 Å². The van der Waals surface area contributed by atoms with Crippen LogP contribution < -0.4 is 0 Å². The quantitative estimate of drug-likeness (QED) is 0.0714. The van der Waals surface area contributed by atoms with E-state index in [9.17, 15) is 4.39 Å². The molecule has 0 saturated heterocycles. The van der Waals surface area contributed by atoms with Crippen LogP contribution in [0.5, 0.6) is 0 Å². The zero-order valence-corrected chi connectivity index (χ0v) is 92.8. The van der Waals surface area contributed by atoms with Gasteiger partial charge in [-0.05, 0) is 163 Å². The maximum atomic E-state index is 13.5. The van der Waals surface area contributed by atoms with E-state index in [1.807, 2.05) is 97.5 Å². The summed E-state index contributed by atoms with van der Waals surface area (Å²) in [5.74, 6) is 0.288. The predicted molar refractivity (Wildman–Crippen MR) is 617 cm³/mol. The molecule has 13 heteroatoms. The van der Waals surface area contributed by atoms with Gasteiger partial charge in [-0.25, -0.2) is 19.3 Å². The second-order valence-electron chi connectivity index (χ2n) is 40.4. The Morgan fingerprint density at radius 2 is 0.568 bits per heavy atom. The van der Waals surface area contributed by atoms with E-state index in [0.29, 0.717) is 5.92 Å². The molecule has 0 atom stereocenters. The third-order valence-corrected chi connectivity index (χ3v) is 30.2. The molecule has 6 nitrogen and oxygen atoms in total. The molecule has 0 saturated carbocycles. The van der Waals surface area contributed by atoms with Crippen LogP contribution in [0.1, 0.15) is 121 Å². The maximum absolute atomic E-state index is 13.5. The van der Waals surface area contributed by atoms with Crippen LogP contribution in [0.15, 0.2) is 403 Å². The molecule has 0 aliphatic rings. The molecule has 0 spiro atoms. The minimum Gasteiger partial charge on any atom is -0.265 e. The molecule has 24 aromatic rings. The molecule has 0 unspecified atom stereocenters. The Bertz CT molecular complexity index is 9180. The van der Waals surface area contributed by atoms with Gasteiger partial charge >= 0.3 is 63.2 Å². The van der Waals surface area contributed by atoms with Gasteiger partial charge in [-0.15, -0.1) is 227 Å². The maximum Gasteiger partial charge on any atom is 2.00 e. The molecule has 0 fully saturated rings. The fourth-order valence-corrected chi connectivity index (χ4v) is 22.0. The Morgan fingerprint density at radius 3 is 0.892 bits per heavy atom. The van der Waals surface area contributed by atoms with Gasteiger partial charge in [0, 0.05) is 47.3 Å². The van der Waals surface area contributed by atoms with Gasteiger partial charge in [-0.2, -0.15) is 0 Å². The average Bonchev–Trinajstić information content (AvgIpc) is 1.60. The van der Waals surface area contributed by atoms with Gasteiger partial charge in [0.15, 0.2) is 0 Å². The van der Waals surface area contributed by atoms with Crippen molar-refractivity contribution in [1.82, 2.24) is 15.0 Å². The number of rotatable bonds is 16. The van der Waals surface area contributed by atoms with E-state index in [1.54, 1.807) is 34.0 Å². The summed E-state index contributed by atoms with van der Waals surface area (Å²) in [6.07, 6.45) is 5.82. The summed E-state index contributed by atoms with van der Waals surface area (Å²) >= 11 is 5.15. The molecule has 148 heavy (non-hydrogen) atoms. The molecule has 21 aromatic carbocycles. The topological polar surface area (TPSA) is 75.8 Å². The summed E-state index contributed by atoms with van der Waals surface area (Å²) in [6.45, 7) is 24.8. The number of hydrogen-bond donors (Lipinski definition) is 0. The summed E-state index contributed by atoms with van der Waals surface area (Å²) in [4.78, 5) is 30.9. The van der Waals surface area contributed by atoms with E-state index < -0.39 is 0 Å². The van der Waals surface area contributed by atoms with Crippen LogP contribution in [-0.2, 0) is 79.4 Å². The van der Waals surface area contributed by atoms with Crippen LogP contribution in [-0.4, -0.2) is 33.6 Å². The number of nitrogens with zero attached hydrogens (tertiary/aromatic N) is 6. The van der Waals surface area contributed by atoms with Crippen molar-refractivity contribution in [2.75, 3.05) is 0 Å². The van der Waals surface area contributed by atoms with Crippen LogP contribution in [0.2, 0.25) is 0 Å². The first-order chi connectivity index (χ1) is 70.4. The van der Waals surface area contributed by atoms with E-state index in [2.05, 4.69) is 410 Å². The van der Waals surface area contributed by atoms with Crippen molar-refractivity contribution in [3.8, 4) is 98.5 Å². The summed E-state index contributed by atoms with van der Waals surface area (Å²) in [5, 5.41) is 16.4. The molecule has 0 bridgehead atoms. The summed E-state index contributed by atoms with van der Waals surface area (Å²) < 4.78 is 17.0. The zero-order valence-electron chi connectivity index (χ0n) is 83.5. The molecular weight excluding hydrogens is 2410 g/mol. The second-order valence-corrected chi connectivity index (χ2v) is 43.5. The van der Waals surface area contributed by atoms with Crippen molar-refractivity contribution in [3.63, 3.8) is 0 Å². The summed E-state index contributed by atoms with van der Waals surface area (Å²) in [6, 6.07) is 155. The first-order valence-corrected chi connectivity index (χ1v) is 51.6. The van der Waals surface area contributed by atoms with Gasteiger partial charge in [-0.3, -0.25) is 15.0 Å². The molecule has 0 radical (unpaired) electrons. The molecule has 0 aliphatic heterocycles. The molecule has 0 aliphatic carbocycles. The monoisotopic (exact) mass is 2510 g/mol. The van der Waals surface area contributed by atoms with Gasteiger partial charge in [0.1, 0.15) is 20.8 Å². The Balaban J connectivity index is 0.000000138. The number of hydrogen-bond acceptors (Lipinski definition) is 9. The SMILES string of the molecule is CC(C)(C)c1cc(-c2[c-]cc3cc(-c4ccc(F)cc4)ccc3c2)c2nc(-c3ccccc3N=Cc3cccc4ccc[c-]c34)sc2c1.CC(C)(C)c1cc(-c2[c-]cc3cc(-c4ccccc4)ccc3c2)c2nc(-c3ccccc3N=Cc3cccc4ccc[c-]c34)sc2c1.CC(C)c1ccc(-c2ccc3cc(-c4cc(C(C)(C)C)cc5sc(-c6ccccc6N=Cc6cccc7ccc[c-]c67)nc45)[c-]cc3c2)cc1.[Pt+2].[Pt+2].[Pt+2]. The van der Waals surface area contributed by atoms with E-state index in [-0.39, 0.29) is 85.3 Å². The number of halogens is 1. The van der Waals surface area contributed by atoms with Gasteiger partial charge in [-0.1, -0.05) is 356 Å². The molecular formula is C135H101FN6Pt3S3. The molecule has 3 heterocycles.